The highest BCUT2D eigenvalue weighted by atomic mass is 32.1. The lowest BCUT2D eigenvalue weighted by Crippen LogP contribution is -2.52. The van der Waals surface area contributed by atoms with Crippen LogP contribution in [0.5, 0.6) is 0 Å². The third-order valence-corrected chi connectivity index (χ3v) is 5.77. The Morgan fingerprint density at radius 2 is 1.74 bits per heavy atom. The van der Waals surface area contributed by atoms with Crippen molar-refractivity contribution in [2.24, 2.45) is 0 Å². The lowest BCUT2D eigenvalue weighted by Gasteiger charge is -2.37. The fraction of sp³-hybridized carbons (Fsp3) is 0.647. The van der Waals surface area contributed by atoms with Crippen molar-refractivity contribution in [1.29, 1.82) is 0 Å². The van der Waals surface area contributed by atoms with Crippen molar-refractivity contribution in [3.8, 4) is 0 Å². The minimum atomic E-state index is -0.806. The van der Waals surface area contributed by atoms with E-state index in [9.17, 15) is 14.7 Å². The van der Waals surface area contributed by atoms with Crippen LogP contribution >= 0.6 is 11.3 Å². The molecule has 1 aliphatic heterocycles. The molecule has 1 saturated heterocycles. The molecule has 0 unspecified atom stereocenters. The molecule has 3 rings (SSSR count). The highest BCUT2D eigenvalue weighted by Gasteiger charge is 2.34. The van der Waals surface area contributed by atoms with Crippen LogP contribution in [0.4, 0.5) is 0 Å². The summed E-state index contributed by atoms with van der Waals surface area (Å²) in [5, 5.41) is 12.4. The topological polar surface area (TPSA) is 60.9 Å². The van der Waals surface area contributed by atoms with Gasteiger partial charge in [-0.15, -0.1) is 11.3 Å². The van der Waals surface area contributed by atoms with Crippen LogP contribution in [0.3, 0.4) is 0 Å². The van der Waals surface area contributed by atoms with Crippen molar-refractivity contribution in [3.05, 3.63) is 22.4 Å². The number of rotatable bonds is 3. The van der Waals surface area contributed by atoms with Crippen molar-refractivity contribution >= 4 is 23.2 Å². The first-order valence-corrected chi connectivity index (χ1v) is 9.28. The third-order valence-electron chi connectivity index (χ3n) is 4.92. The van der Waals surface area contributed by atoms with Gasteiger partial charge >= 0.3 is 0 Å². The molecule has 6 heteroatoms. The van der Waals surface area contributed by atoms with Gasteiger partial charge in [-0.2, -0.15) is 0 Å². The van der Waals surface area contributed by atoms with Gasteiger partial charge < -0.3 is 14.9 Å². The molecule has 2 aliphatic rings. The van der Waals surface area contributed by atoms with Gasteiger partial charge in [-0.1, -0.05) is 25.3 Å². The van der Waals surface area contributed by atoms with E-state index in [0.29, 0.717) is 26.2 Å². The largest absolute Gasteiger partial charge is 0.389 e. The average Bonchev–Trinajstić information content (AvgIpc) is 3.09. The maximum atomic E-state index is 12.4. The molecule has 1 aromatic heterocycles. The van der Waals surface area contributed by atoms with Gasteiger partial charge in [0.25, 0.3) is 5.91 Å². The summed E-state index contributed by atoms with van der Waals surface area (Å²) >= 11 is 1.45. The van der Waals surface area contributed by atoms with Gasteiger partial charge in [-0.3, -0.25) is 9.59 Å². The monoisotopic (exact) mass is 336 g/mol. The highest BCUT2D eigenvalue weighted by Crippen LogP contribution is 2.31. The minimum absolute atomic E-state index is 0.0256. The quantitative estimate of drug-likeness (QED) is 0.920. The zero-order chi connectivity index (χ0) is 16.3. The molecule has 5 nitrogen and oxygen atoms in total. The molecule has 1 aromatic rings. The Hall–Kier alpha value is -1.40. The van der Waals surface area contributed by atoms with Crippen LogP contribution in [0.2, 0.25) is 0 Å². The Labute approximate surface area is 140 Å². The standard InChI is InChI=1S/C17H24N2O3S/c20-15(13-17(22)6-2-1-3-7-17)18-8-10-19(11-9-18)16(21)14-5-4-12-23-14/h4-5,12,22H,1-3,6-11,13H2. The number of carbonyl (C=O) groups excluding carboxylic acids is 2. The minimum Gasteiger partial charge on any atom is -0.389 e. The first-order valence-electron chi connectivity index (χ1n) is 8.40. The number of aliphatic hydroxyl groups is 1. The Kier molecular flexibility index (Phi) is 5.02. The fourth-order valence-electron chi connectivity index (χ4n) is 3.49. The molecule has 2 heterocycles. The molecule has 23 heavy (non-hydrogen) atoms. The maximum Gasteiger partial charge on any atom is 0.264 e. The molecule has 0 aromatic carbocycles. The number of amides is 2. The predicted octanol–water partition coefficient (Wildman–Crippen LogP) is 2.12. The molecule has 2 amide bonds. The van der Waals surface area contributed by atoms with Gasteiger partial charge in [0.1, 0.15) is 0 Å². The van der Waals surface area contributed by atoms with Crippen LogP contribution < -0.4 is 0 Å². The molecule has 126 valence electrons. The number of nitrogens with zero attached hydrogens (tertiary/aromatic N) is 2. The van der Waals surface area contributed by atoms with Crippen LogP contribution in [0, 0.1) is 0 Å². The summed E-state index contributed by atoms with van der Waals surface area (Å²) in [6, 6.07) is 3.71. The van der Waals surface area contributed by atoms with Crippen LogP contribution in [-0.2, 0) is 4.79 Å². The van der Waals surface area contributed by atoms with E-state index in [1.54, 1.807) is 4.90 Å². The Morgan fingerprint density at radius 3 is 2.35 bits per heavy atom. The van der Waals surface area contributed by atoms with Crippen LogP contribution in [0.25, 0.3) is 0 Å². The van der Waals surface area contributed by atoms with Crippen molar-refractivity contribution in [3.63, 3.8) is 0 Å². The Morgan fingerprint density at radius 1 is 1.09 bits per heavy atom. The van der Waals surface area contributed by atoms with Crippen molar-refractivity contribution in [1.82, 2.24) is 9.80 Å². The zero-order valence-electron chi connectivity index (χ0n) is 13.4. The Bertz CT molecular complexity index is 544. The van der Waals surface area contributed by atoms with Gasteiger partial charge in [-0.05, 0) is 24.3 Å². The van der Waals surface area contributed by atoms with Gasteiger partial charge in [0.05, 0.1) is 16.9 Å². The molecule has 0 radical (unpaired) electrons. The van der Waals surface area contributed by atoms with E-state index in [4.69, 9.17) is 0 Å². The van der Waals surface area contributed by atoms with Gasteiger partial charge in [0, 0.05) is 26.2 Å². The molecule has 2 fully saturated rings. The third kappa shape index (κ3) is 3.93. The normalized spacial score (nSPS) is 21.3. The fourth-order valence-corrected chi connectivity index (χ4v) is 4.19. The molecule has 1 saturated carbocycles. The second-order valence-electron chi connectivity index (χ2n) is 6.61. The number of hydrogen-bond donors (Lipinski definition) is 1. The predicted molar refractivity (Wildman–Crippen MR) is 89.5 cm³/mol. The summed E-state index contributed by atoms with van der Waals surface area (Å²) in [7, 11) is 0. The molecule has 1 N–H and O–H groups in total. The summed E-state index contributed by atoms with van der Waals surface area (Å²) in [6.45, 7) is 2.26. The van der Waals surface area contributed by atoms with Gasteiger partial charge in [-0.25, -0.2) is 0 Å². The number of carbonyl (C=O) groups is 2. The van der Waals surface area contributed by atoms with Crippen molar-refractivity contribution in [2.45, 2.75) is 44.1 Å². The molecule has 1 aliphatic carbocycles. The number of piperazine rings is 1. The second kappa shape index (κ2) is 7.01. The average molecular weight is 336 g/mol. The number of thiophene rings is 1. The summed E-state index contributed by atoms with van der Waals surface area (Å²) in [5.74, 6) is 0.0793. The zero-order valence-corrected chi connectivity index (χ0v) is 14.2. The van der Waals surface area contributed by atoms with Gasteiger partial charge in [0.15, 0.2) is 0 Å². The van der Waals surface area contributed by atoms with Crippen LogP contribution in [0.1, 0.15) is 48.2 Å². The summed E-state index contributed by atoms with van der Waals surface area (Å²) in [6.07, 6.45) is 4.86. The second-order valence-corrected chi connectivity index (χ2v) is 7.56. The van der Waals surface area contributed by atoms with Crippen LogP contribution in [-0.4, -0.2) is 58.5 Å². The van der Waals surface area contributed by atoms with E-state index in [-0.39, 0.29) is 18.2 Å². The van der Waals surface area contributed by atoms with Crippen LogP contribution in [0.15, 0.2) is 17.5 Å². The number of hydrogen-bond acceptors (Lipinski definition) is 4. The van der Waals surface area contributed by atoms with E-state index in [1.165, 1.54) is 11.3 Å². The molecule has 0 spiro atoms. The molecular formula is C17H24N2O3S. The lowest BCUT2D eigenvalue weighted by molar-refractivity contribution is -0.139. The van der Waals surface area contributed by atoms with Crippen molar-refractivity contribution in [2.75, 3.05) is 26.2 Å². The Balaban J connectivity index is 1.50. The summed E-state index contributed by atoms with van der Waals surface area (Å²) < 4.78 is 0. The van der Waals surface area contributed by atoms with Gasteiger partial charge in [0.2, 0.25) is 5.91 Å². The smallest absolute Gasteiger partial charge is 0.264 e. The molecule has 0 bridgehead atoms. The lowest BCUT2D eigenvalue weighted by atomic mass is 9.82. The van der Waals surface area contributed by atoms with E-state index in [2.05, 4.69) is 0 Å². The van der Waals surface area contributed by atoms with E-state index < -0.39 is 5.60 Å². The molecular weight excluding hydrogens is 312 g/mol. The van der Waals surface area contributed by atoms with E-state index in [1.807, 2.05) is 22.4 Å². The van der Waals surface area contributed by atoms with E-state index >= 15 is 0 Å². The van der Waals surface area contributed by atoms with Crippen molar-refractivity contribution < 1.29 is 14.7 Å². The first-order chi connectivity index (χ1) is 11.1. The maximum absolute atomic E-state index is 12.4. The first kappa shape index (κ1) is 16.5. The summed E-state index contributed by atoms with van der Waals surface area (Å²) in [5.41, 5.74) is -0.806. The summed E-state index contributed by atoms with van der Waals surface area (Å²) in [4.78, 5) is 29.1. The SMILES string of the molecule is O=C(CC1(O)CCCCC1)N1CCN(C(=O)c2cccs2)CC1. The van der Waals surface area contributed by atoms with E-state index in [0.717, 1.165) is 37.0 Å². The molecule has 0 atom stereocenters. The highest BCUT2D eigenvalue weighted by molar-refractivity contribution is 7.12.